The Morgan fingerprint density at radius 3 is 1.79 bits per heavy atom. The fraction of sp³-hybridized carbons (Fsp3) is 0.103. The van der Waals surface area contributed by atoms with E-state index in [1.54, 1.807) is 36.4 Å². The Bertz CT molecular complexity index is 2360. The minimum atomic E-state index is -4.06. The molecule has 6 aromatic rings. The van der Waals surface area contributed by atoms with Crippen LogP contribution < -0.4 is 23.7 Å². The van der Waals surface area contributed by atoms with Crippen molar-refractivity contribution in [2.45, 2.75) is 9.10 Å². The molecule has 0 bridgehead atoms. The molecule has 2 N–H and O–H groups in total. The number of nitrogens with one attached hydrogen (secondary N) is 2. The Kier molecular flexibility index (Phi) is 10.6. The van der Waals surface area contributed by atoms with Gasteiger partial charge >= 0.3 is 0 Å². The molecule has 0 aliphatic carbocycles. The summed E-state index contributed by atoms with van der Waals surface area (Å²) in [6.07, 6.45) is 0. The fourth-order valence-corrected chi connectivity index (χ4v) is 8.28. The van der Waals surface area contributed by atoms with E-state index in [0.29, 0.717) is 32.2 Å². The van der Waals surface area contributed by atoms with Crippen LogP contribution in [0.25, 0.3) is 22.1 Å². The monoisotopic (exact) mass is 768 g/mol. The molecule has 0 saturated heterocycles. The second-order valence-electron chi connectivity index (χ2n) is 9.33. The number of rotatable bonds is 9. The van der Waals surface area contributed by atoms with Crippen LogP contribution in [0.4, 0.5) is 11.6 Å². The minimum absolute atomic E-state index is 0.0180. The number of benzene rings is 3. The van der Waals surface area contributed by atoms with Crippen LogP contribution in [0.1, 0.15) is 0 Å². The highest BCUT2D eigenvalue weighted by atomic mass is 35.5. The molecule has 19 heteroatoms. The zero-order valence-electron chi connectivity index (χ0n) is 24.9. The van der Waals surface area contributed by atoms with E-state index in [9.17, 15) is 16.8 Å². The topological polar surface area (TPSA) is 172 Å². The number of nitrogens with zero attached hydrogens (tertiary/aromatic N) is 4. The first-order chi connectivity index (χ1) is 22.8. The molecule has 0 aliphatic rings. The average Bonchev–Trinajstić information content (AvgIpc) is 3.52. The molecule has 3 aromatic carbocycles. The molecule has 13 nitrogen and oxygen atoms in total. The Morgan fingerprint density at radius 1 is 0.625 bits per heavy atom. The van der Waals surface area contributed by atoms with Crippen molar-refractivity contribution in [2.75, 3.05) is 30.8 Å². The molecule has 0 aliphatic heterocycles. The van der Waals surface area contributed by atoms with Gasteiger partial charge in [0.2, 0.25) is 11.6 Å². The summed E-state index contributed by atoms with van der Waals surface area (Å²) in [6, 6.07) is 19.4. The third-order valence-corrected chi connectivity index (χ3v) is 11.6. The third-order valence-electron chi connectivity index (χ3n) is 6.25. The maximum Gasteiger partial charge on any atom is 0.272 e. The summed E-state index contributed by atoms with van der Waals surface area (Å²) in [5.74, 6) is 0.632. The molecule has 6 rings (SSSR count). The van der Waals surface area contributed by atoms with Crippen LogP contribution in [-0.4, -0.2) is 58.1 Å². The molecule has 0 unspecified atom stereocenters. The van der Waals surface area contributed by atoms with Crippen molar-refractivity contribution in [3.63, 3.8) is 0 Å². The Labute approximate surface area is 293 Å². The number of hydrogen-bond acceptors (Lipinski definition) is 12. The molecule has 3 heterocycles. The van der Waals surface area contributed by atoms with Gasteiger partial charge < -0.3 is 14.2 Å². The standard InChI is InChI=1S/C16H13Cl2N3O4S.C13H10ClN3O3S2/c1-24-9-6-7-11-12(8-9)19-15(16(20-11)25-2)21-26(22,23)13-5-3-4-10(17)14(13)18;1-20-13-12(15-8-4-2-3-5-9(8)16-13)17-22(18,19)11-7-6-10(14)21-11/h3-8H,1-2H3,(H,19,21);2-7H,1H3,(H,15,17). The van der Waals surface area contributed by atoms with Crippen molar-refractivity contribution in [1.29, 1.82) is 0 Å². The number of methoxy groups -OCH3 is 3. The molecule has 0 fully saturated rings. The van der Waals surface area contributed by atoms with Gasteiger partial charge in [-0.1, -0.05) is 53.0 Å². The molecule has 0 saturated carbocycles. The van der Waals surface area contributed by atoms with E-state index in [2.05, 4.69) is 29.4 Å². The van der Waals surface area contributed by atoms with Gasteiger partial charge in [0.1, 0.15) is 14.9 Å². The highest BCUT2D eigenvalue weighted by Gasteiger charge is 2.24. The summed E-state index contributed by atoms with van der Waals surface area (Å²) in [5, 5.41) is 0.0342. The zero-order valence-corrected chi connectivity index (χ0v) is 29.7. The van der Waals surface area contributed by atoms with Gasteiger partial charge in [-0.3, -0.25) is 9.44 Å². The Balaban J connectivity index is 0.000000190. The number of thiophene rings is 1. The number of sulfonamides is 2. The van der Waals surface area contributed by atoms with E-state index in [4.69, 9.17) is 49.0 Å². The van der Waals surface area contributed by atoms with Crippen LogP contribution in [0.15, 0.2) is 81.9 Å². The van der Waals surface area contributed by atoms with E-state index >= 15 is 0 Å². The molecule has 0 spiro atoms. The fourth-order valence-electron chi connectivity index (χ4n) is 4.04. The van der Waals surface area contributed by atoms with Crippen molar-refractivity contribution >= 4 is 99.9 Å². The van der Waals surface area contributed by atoms with Crippen LogP contribution in [0.2, 0.25) is 14.4 Å². The third kappa shape index (κ3) is 7.75. The number of halogens is 3. The van der Waals surface area contributed by atoms with E-state index in [-0.39, 0.29) is 42.5 Å². The number of anilines is 2. The van der Waals surface area contributed by atoms with Crippen LogP contribution in [-0.2, 0) is 20.0 Å². The van der Waals surface area contributed by atoms with Gasteiger partial charge in [0.25, 0.3) is 31.8 Å². The lowest BCUT2D eigenvalue weighted by Crippen LogP contribution is -2.16. The van der Waals surface area contributed by atoms with E-state index in [1.807, 2.05) is 6.07 Å². The first kappa shape index (κ1) is 35.1. The predicted octanol–water partition coefficient (Wildman–Crippen LogP) is 6.91. The van der Waals surface area contributed by atoms with E-state index < -0.39 is 20.0 Å². The Hall–Kier alpha value is -4.19. The quantitative estimate of drug-likeness (QED) is 0.157. The highest BCUT2D eigenvalue weighted by Crippen LogP contribution is 2.33. The largest absolute Gasteiger partial charge is 0.497 e. The van der Waals surface area contributed by atoms with Crippen molar-refractivity contribution in [3.05, 3.63) is 87.2 Å². The van der Waals surface area contributed by atoms with E-state index in [1.165, 1.54) is 51.7 Å². The predicted molar refractivity (Wildman–Crippen MR) is 186 cm³/mol. The maximum atomic E-state index is 12.7. The summed E-state index contributed by atoms with van der Waals surface area (Å²) in [6.45, 7) is 0. The summed E-state index contributed by atoms with van der Waals surface area (Å²) in [7, 11) is -3.57. The number of para-hydroxylation sites is 2. The lowest BCUT2D eigenvalue weighted by molar-refractivity contribution is 0.400. The summed E-state index contributed by atoms with van der Waals surface area (Å²) < 4.78 is 70.7. The molecular weight excluding hydrogens is 747 g/mol. The Morgan fingerprint density at radius 2 is 1.21 bits per heavy atom. The first-order valence-electron chi connectivity index (χ1n) is 13.3. The van der Waals surface area contributed by atoms with Crippen LogP contribution in [0.5, 0.6) is 17.5 Å². The number of ether oxygens (including phenoxy) is 3. The maximum absolute atomic E-state index is 12.7. The van der Waals surface area contributed by atoms with Crippen LogP contribution >= 0.6 is 46.1 Å². The van der Waals surface area contributed by atoms with Crippen molar-refractivity contribution in [1.82, 2.24) is 19.9 Å². The molecule has 48 heavy (non-hydrogen) atoms. The number of fused-ring (bicyclic) bond motifs is 2. The van der Waals surface area contributed by atoms with Gasteiger partial charge in [-0.05, 0) is 48.5 Å². The van der Waals surface area contributed by atoms with Gasteiger partial charge in [-0.15, -0.1) is 11.3 Å². The van der Waals surface area contributed by atoms with Gasteiger partial charge in [0.05, 0.1) is 57.8 Å². The lowest BCUT2D eigenvalue weighted by atomic mass is 10.3. The average molecular weight is 770 g/mol. The van der Waals surface area contributed by atoms with Crippen LogP contribution in [0, 0.1) is 0 Å². The number of aromatic nitrogens is 4. The highest BCUT2D eigenvalue weighted by molar-refractivity contribution is 7.94. The minimum Gasteiger partial charge on any atom is -0.497 e. The normalized spacial score (nSPS) is 11.5. The van der Waals surface area contributed by atoms with E-state index in [0.717, 1.165) is 11.3 Å². The SMILES string of the molecule is COc1ccc2nc(OC)c(NS(=O)(=O)c3cccc(Cl)c3Cl)nc2c1.COc1nc2ccccc2nc1NS(=O)(=O)c1ccc(Cl)s1. The summed E-state index contributed by atoms with van der Waals surface area (Å²) in [4.78, 5) is 16.9. The summed E-state index contributed by atoms with van der Waals surface area (Å²) >= 11 is 18.7. The molecule has 3 aromatic heterocycles. The molecular formula is C29H23Cl3N6O7S3. The second kappa shape index (κ2) is 14.5. The van der Waals surface area contributed by atoms with Gasteiger partial charge in [0, 0.05) is 6.07 Å². The second-order valence-corrected chi connectivity index (χ2v) is 15.4. The first-order valence-corrected chi connectivity index (χ1v) is 18.2. The summed E-state index contributed by atoms with van der Waals surface area (Å²) in [5.41, 5.74) is 2.12. The van der Waals surface area contributed by atoms with Crippen molar-refractivity contribution in [2.24, 2.45) is 0 Å². The van der Waals surface area contributed by atoms with Crippen molar-refractivity contribution in [3.8, 4) is 17.5 Å². The van der Waals surface area contributed by atoms with Gasteiger partial charge in [-0.2, -0.15) is 0 Å². The molecule has 250 valence electrons. The van der Waals surface area contributed by atoms with Gasteiger partial charge in [-0.25, -0.2) is 36.8 Å². The van der Waals surface area contributed by atoms with Crippen LogP contribution in [0.3, 0.4) is 0 Å². The van der Waals surface area contributed by atoms with Crippen molar-refractivity contribution < 1.29 is 31.0 Å². The molecule has 0 atom stereocenters. The molecule has 0 radical (unpaired) electrons. The zero-order chi connectivity index (χ0) is 34.6. The molecule has 0 amide bonds. The number of hydrogen-bond donors (Lipinski definition) is 2. The smallest absolute Gasteiger partial charge is 0.272 e. The van der Waals surface area contributed by atoms with Gasteiger partial charge in [0.15, 0.2) is 0 Å². The lowest BCUT2D eigenvalue weighted by Gasteiger charge is -2.12.